The van der Waals surface area contributed by atoms with Crippen molar-refractivity contribution in [3.63, 3.8) is 0 Å². The van der Waals surface area contributed by atoms with Crippen LogP contribution in [0, 0.1) is 13.8 Å². The average Bonchev–Trinajstić information content (AvgIpc) is 3.17. The maximum Gasteiger partial charge on any atom is 0.270 e. The first kappa shape index (κ1) is 16.8. The van der Waals surface area contributed by atoms with E-state index >= 15 is 0 Å². The van der Waals surface area contributed by atoms with Crippen molar-refractivity contribution in [3.8, 4) is 0 Å². The van der Waals surface area contributed by atoms with Crippen molar-refractivity contribution in [1.29, 1.82) is 0 Å². The zero-order valence-corrected chi connectivity index (χ0v) is 15.0. The number of hydrogen-bond donors (Lipinski definition) is 0. The van der Waals surface area contributed by atoms with Gasteiger partial charge in [0, 0.05) is 50.5 Å². The summed E-state index contributed by atoms with van der Waals surface area (Å²) in [5.41, 5.74) is 2.91. The van der Waals surface area contributed by atoms with Gasteiger partial charge in [0.15, 0.2) is 0 Å². The highest BCUT2D eigenvalue weighted by atomic mass is 16.5. The number of nitrogens with zero attached hydrogens (tertiary/aromatic N) is 4. The summed E-state index contributed by atoms with van der Waals surface area (Å²) in [6.45, 7) is 12.2. The van der Waals surface area contributed by atoms with Crippen molar-refractivity contribution in [3.05, 3.63) is 41.0 Å². The van der Waals surface area contributed by atoms with Crippen molar-refractivity contribution < 1.29 is 9.32 Å². The number of aromatic nitrogens is 2. The minimum atomic E-state index is 0.130. The molecular weight excluding hydrogens is 304 g/mol. The first-order valence-corrected chi connectivity index (χ1v) is 8.57. The van der Waals surface area contributed by atoms with Crippen LogP contribution in [0.2, 0.25) is 0 Å². The molecule has 0 aliphatic carbocycles. The first-order chi connectivity index (χ1) is 11.5. The van der Waals surface area contributed by atoms with E-state index in [1.54, 1.807) is 0 Å². The highest BCUT2D eigenvalue weighted by Gasteiger charge is 2.25. The lowest BCUT2D eigenvalue weighted by atomic mass is 10.1. The minimum absolute atomic E-state index is 0.130. The van der Waals surface area contributed by atoms with E-state index in [-0.39, 0.29) is 5.91 Å². The Bertz CT molecular complexity index is 689. The molecule has 130 valence electrons. The molecule has 0 bridgehead atoms. The molecule has 1 amide bonds. The van der Waals surface area contributed by atoms with E-state index in [9.17, 15) is 4.79 Å². The molecule has 0 N–H and O–H groups in total. The van der Waals surface area contributed by atoms with Crippen molar-refractivity contribution in [2.45, 2.75) is 40.3 Å². The van der Waals surface area contributed by atoms with Crippen LogP contribution in [0.1, 0.15) is 47.4 Å². The lowest BCUT2D eigenvalue weighted by molar-refractivity contribution is 0.0615. The Kier molecular flexibility index (Phi) is 4.76. The number of rotatable bonds is 4. The molecule has 3 heterocycles. The molecule has 3 rings (SSSR count). The standard InChI is InChI=1S/C18H26N4O2/c1-13(2)22-7-5-6-17(22)18(23)21-10-8-20(9-11-21)12-16-14(3)19-24-15(16)4/h5-7,13H,8-12H2,1-4H3. The maximum absolute atomic E-state index is 12.8. The number of carbonyl (C=O) groups is 1. The Labute approximate surface area is 143 Å². The number of amides is 1. The predicted molar refractivity (Wildman–Crippen MR) is 92.0 cm³/mol. The molecule has 0 saturated carbocycles. The van der Waals surface area contributed by atoms with Gasteiger partial charge in [-0.3, -0.25) is 9.69 Å². The smallest absolute Gasteiger partial charge is 0.270 e. The van der Waals surface area contributed by atoms with Crippen LogP contribution < -0.4 is 0 Å². The molecule has 1 saturated heterocycles. The number of carbonyl (C=O) groups excluding carboxylic acids is 1. The second-order valence-corrected chi connectivity index (χ2v) is 6.77. The number of aryl methyl sites for hydroxylation is 2. The molecule has 24 heavy (non-hydrogen) atoms. The van der Waals surface area contributed by atoms with Crippen LogP contribution in [0.5, 0.6) is 0 Å². The SMILES string of the molecule is Cc1noc(C)c1CN1CCN(C(=O)c2cccn2C(C)C)CC1. The van der Waals surface area contributed by atoms with Gasteiger partial charge in [0.05, 0.1) is 5.69 Å². The van der Waals surface area contributed by atoms with Gasteiger partial charge in [0.2, 0.25) is 0 Å². The highest BCUT2D eigenvalue weighted by molar-refractivity contribution is 5.93. The molecule has 6 nitrogen and oxygen atoms in total. The maximum atomic E-state index is 12.8. The van der Waals surface area contributed by atoms with Gasteiger partial charge in [0.1, 0.15) is 11.5 Å². The summed E-state index contributed by atoms with van der Waals surface area (Å²) in [6, 6.07) is 4.15. The molecule has 6 heteroatoms. The van der Waals surface area contributed by atoms with Crippen LogP contribution in [0.25, 0.3) is 0 Å². The van der Waals surface area contributed by atoms with E-state index in [1.165, 1.54) is 5.56 Å². The van der Waals surface area contributed by atoms with E-state index in [0.29, 0.717) is 6.04 Å². The fraction of sp³-hybridized carbons (Fsp3) is 0.556. The summed E-state index contributed by atoms with van der Waals surface area (Å²) in [5, 5.41) is 4.02. The number of piperazine rings is 1. The Morgan fingerprint density at radius 2 is 1.96 bits per heavy atom. The zero-order chi connectivity index (χ0) is 17.3. The Morgan fingerprint density at radius 1 is 1.25 bits per heavy atom. The van der Waals surface area contributed by atoms with E-state index in [2.05, 4.69) is 23.9 Å². The molecule has 2 aromatic rings. The second-order valence-electron chi connectivity index (χ2n) is 6.77. The van der Waals surface area contributed by atoms with Gasteiger partial charge in [-0.1, -0.05) is 5.16 Å². The van der Waals surface area contributed by atoms with Gasteiger partial charge in [-0.2, -0.15) is 0 Å². The van der Waals surface area contributed by atoms with E-state index < -0.39 is 0 Å². The summed E-state index contributed by atoms with van der Waals surface area (Å²) in [7, 11) is 0. The minimum Gasteiger partial charge on any atom is -0.361 e. The van der Waals surface area contributed by atoms with E-state index in [0.717, 1.165) is 49.9 Å². The summed E-state index contributed by atoms with van der Waals surface area (Å²) in [4.78, 5) is 17.1. The molecular formula is C18H26N4O2. The van der Waals surface area contributed by atoms with Crippen LogP contribution in [0.3, 0.4) is 0 Å². The Balaban J connectivity index is 1.61. The van der Waals surface area contributed by atoms with Crippen molar-refractivity contribution in [2.24, 2.45) is 0 Å². The summed E-state index contributed by atoms with van der Waals surface area (Å²) in [6.07, 6.45) is 1.98. The van der Waals surface area contributed by atoms with Crippen LogP contribution in [-0.2, 0) is 6.54 Å². The van der Waals surface area contributed by atoms with Crippen molar-refractivity contribution in [1.82, 2.24) is 19.5 Å². The second kappa shape index (κ2) is 6.81. The zero-order valence-electron chi connectivity index (χ0n) is 15.0. The van der Waals surface area contributed by atoms with Gasteiger partial charge < -0.3 is 14.0 Å². The van der Waals surface area contributed by atoms with E-state index in [1.807, 2.05) is 41.6 Å². The lowest BCUT2D eigenvalue weighted by Crippen LogP contribution is -2.48. The van der Waals surface area contributed by atoms with Gasteiger partial charge in [0.25, 0.3) is 5.91 Å². The Hall–Kier alpha value is -2.08. The molecule has 0 unspecified atom stereocenters. The third-order valence-electron chi connectivity index (χ3n) is 4.78. The predicted octanol–water partition coefficient (Wildman–Crippen LogP) is 2.63. The molecule has 0 radical (unpaired) electrons. The third kappa shape index (κ3) is 3.24. The van der Waals surface area contributed by atoms with Gasteiger partial charge in [-0.15, -0.1) is 0 Å². The molecule has 1 aliphatic heterocycles. The van der Waals surface area contributed by atoms with Crippen LogP contribution in [0.15, 0.2) is 22.9 Å². The van der Waals surface area contributed by atoms with Gasteiger partial charge in [-0.05, 0) is 39.8 Å². The quantitative estimate of drug-likeness (QED) is 0.865. The first-order valence-electron chi connectivity index (χ1n) is 8.57. The molecule has 2 aromatic heterocycles. The largest absolute Gasteiger partial charge is 0.361 e. The fourth-order valence-electron chi connectivity index (χ4n) is 3.25. The van der Waals surface area contributed by atoms with E-state index in [4.69, 9.17) is 4.52 Å². The normalized spacial score (nSPS) is 16.1. The monoisotopic (exact) mass is 330 g/mol. The van der Waals surface area contributed by atoms with Crippen molar-refractivity contribution in [2.75, 3.05) is 26.2 Å². The summed E-state index contributed by atoms with van der Waals surface area (Å²) in [5.74, 6) is 1.02. The number of hydrogen-bond acceptors (Lipinski definition) is 4. The lowest BCUT2D eigenvalue weighted by Gasteiger charge is -2.35. The van der Waals surface area contributed by atoms with Crippen molar-refractivity contribution >= 4 is 5.91 Å². The molecule has 1 aliphatic rings. The van der Waals surface area contributed by atoms with Crippen LogP contribution in [-0.4, -0.2) is 51.6 Å². The Morgan fingerprint density at radius 3 is 2.54 bits per heavy atom. The topological polar surface area (TPSA) is 54.5 Å². The molecule has 0 atom stereocenters. The van der Waals surface area contributed by atoms with Crippen LogP contribution >= 0.6 is 0 Å². The van der Waals surface area contributed by atoms with Crippen LogP contribution in [0.4, 0.5) is 0 Å². The summed E-state index contributed by atoms with van der Waals surface area (Å²) < 4.78 is 7.28. The highest BCUT2D eigenvalue weighted by Crippen LogP contribution is 2.18. The molecule has 0 spiro atoms. The third-order valence-corrected chi connectivity index (χ3v) is 4.78. The van der Waals surface area contributed by atoms with Gasteiger partial charge in [-0.25, -0.2) is 0 Å². The average molecular weight is 330 g/mol. The molecule has 0 aromatic carbocycles. The van der Waals surface area contributed by atoms with Gasteiger partial charge >= 0.3 is 0 Å². The summed E-state index contributed by atoms with van der Waals surface area (Å²) >= 11 is 0. The fourth-order valence-corrected chi connectivity index (χ4v) is 3.25. The molecule has 1 fully saturated rings.